The van der Waals surface area contributed by atoms with Gasteiger partial charge in [-0.25, -0.2) is 0 Å². The summed E-state index contributed by atoms with van der Waals surface area (Å²) in [5.41, 5.74) is 4.77. The molecule has 2 rings (SSSR count). The van der Waals surface area contributed by atoms with Crippen LogP contribution in [0.5, 0.6) is 0 Å². The van der Waals surface area contributed by atoms with Crippen molar-refractivity contribution in [1.82, 2.24) is 4.98 Å². The maximum atomic E-state index is 12.5. The zero-order chi connectivity index (χ0) is 19.7. The van der Waals surface area contributed by atoms with Gasteiger partial charge in [0.2, 0.25) is 0 Å². The summed E-state index contributed by atoms with van der Waals surface area (Å²) in [4.78, 5) is 27.1. The number of aromatic nitrogens is 1. The van der Waals surface area contributed by atoms with Crippen LogP contribution >= 0.6 is 0 Å². The van der Waals surface area contributed by atoms with Gasteiger partial charge in [-0.1, -0.05) is 53.7 Å². The molecule has 1 aromatic heterocycles. The average Bonchev–Trinajstić information content (AvgIpc) is 2.96. The van der Waals surface area contributed by atoms with Gasteiger partial charge in [-0.3, -0.25) is 4.79 Å². The highest BCUT2D eigenvalue weighted by atomic mass is 16.3. The van der Waals surface area contributed by atoms with Crippen LogP contribution in [-0.4, -0.2) is 10.8 Å². The lowest BCUT2D eigenvalue weighted by atomic mass is 9.77. The number of hydrogen-bond donors (Lipinski definition) is 1. The molecule has 0 spiro atoms. The van der Waals surface area contributed by atoms with Crippen LogP contribution in [0.25, 0.3) is 0 Å². The van der Waals surface area contributed by atoms with Crippen molar-refractivity contribution in [3.8, 4) is 0 Å². The number of hydrogen-bond acceptors (Lipinski definition) is 3. The Kier molecular flexibility index (Phi) is 5.55. The molecule has 4 heteroatoms. The van der Waals surface area contributed by atoms with Crippen LogP contribution in [0.4, 0.5) is 5.69 Å². The van der Waals surface area contributed by atoms with Gasteiger partial charge in [0.15, 0.2) is 5.78 Å². The minimum atomic E-state index is -0.195. The van der Waals surface area contributed by atoms with E-state index in [0.29, 0.717) is 24.2 Å². The lowest BCUT2D eigenvalue weighted by molar-refractivity contribution is 0.0978. The molecule has 0 fully saturated rings. The summed E-state index contributed by atoms with van der Waals surface area (Å²) < 4.78 is 0. The van der Waals surface area contributed by atoms with Crippen LogP contribution in [0.15, 0.2) is 29.6 Å². The summed E-state index contributed by atoms with van der Waals surface area (Å²) in [5.74, 6) is 0.111. The van der Waals surface area contributed by atoms with Gasteiger partial charge in [0, 0.05) is 12.6 Å². The Morgan fingerprint density at radius 1 is 1.04 bits per heavy atom. The predicted octanol–water partition coefficient (Wildman–Crippen LogP) is 6.13. The molecule has 1 N–H and O–H groups in total. The Morgan fingerprint density at radius 3 is 1.96 bits per heavy atom. The van der Waals surface area contributed by atoms with Crippen molar-refractivity contribution in [2.75, 3.05) is 0 Å². The van der Waals surface area contributed by atoms with Crippen molar-refractivity contribution < 1.29 is 4.79 Å². The second-order valence-corrected chi connectivity index (χ2v) is 9.09. The standard InChI is InChI=1S/C22H30N2O2/c1-14-10-11-23-19(14)18(25)9-8-15-12-16(21(2,3)4)20(24-26)17(13-15)22(5,6)7/h10-13,23H,8-9H2,1-7H3. The van der Waals surface area contributed by atoms with Crippen LogP contribution in [0, 0.1) is 11.8 Å². The normalized spacial score (nSPS) is 12.3. The number of benzene rings is 1. The second-order valence-electron chi connectivity index (χ2n) is 9.09. The largest absolute Gasteiger partial charge is 0.359 e. The molecule has 26 heavy (non-hydrogen) atoms. The van der Waals surface area contributed by atoms with E-state index in [1.54, 1.807) is 6.20 Å². The van der Waals surface area contributed by atoms with Gasteiger partial charge in [-0.2, -0.15) is 0 Å². The summed E-state index contributed by atoms with van der Waals surface area (Å²) in [6.45, 7) is 14.4. The smallest absolute Gasteiger partial charge is 0.179 e. The predicted molar refractivity (Wildman–Crippen MR) is 107 cm³/mol. The highest BCUT2D eigenvalue weighted by Gasteiger charge is 2.27. The van der Waals surface area contributed by atoms with Gasteiger partial charge in [-0.05, 0) is 57.7 Å². The zero-order valence-corrected chi connectivity index (χ0v) is 17.0. The van der Waals surface area contributed by atoms with E-state index in [4.69, 9.17) is 0 Å². The number of H-pyrrole nitrogens is 1. The second kappa shape index (κ2) is 7.18. The van der Waals surface area contributed by atoms with E-state index < -0.39 is 0 Å². The SMILES string of the molecule is Cc1cc[nH]c1C(=O)CCc1cc(C(C)(C)C)c(N=O)c(C(C)(C)C)c1. The number of ketones is 1. The highest BCUT2D eigenvalue weighted by Crippen LogP contribution is 2.40. The van der Waals surface area contributed by atoms with E-state index in [9.17, 15) is 9.70 Å². The first-order valence-corrected chi connectivity index (χ1v) is 9.13. The quantitative estimate of drug-likeness (QED) is 0.518. The first kappa shape index (κ1) is 20.1. The van der Waals surface area contributed by atoms with Gasteiger partial charge in [0.1, 0.15) is 5.69 Å². The monoisotopic (exact) mass is 354 g/mol. The molecule has 0 bridgehead atoms. The molecule has 1 aromatic carbocycles. The third-order valence-corrected chi connectivity index (χ3v) is 4.75. The number of carbonyl (C=O) groups excluding carboxylic acids is 1. The van der Waals surface area contributed by atoms with Crippen molar-refractivity contribution in [3.05, 3.63) is 57.3 Å². The van der Waals surface area contributed by atoms with Crippen LogP contribution in [-0.2, 0) is 17.3 Å². The van der Waals surface area contributed by atoms with E-state index in [-0.39, 0.29) is 16.6 Å². The van der Waals surface area contributed by atoms with Gasteiger partial charge >= 0.3 is 0 Å². The molecule has 2 aromatic rings. The van der Waals surface area contributed by atoms with Gasteiger partial charge < -0.3 is 4.98 Å². The summed E-state index contributed by atoms with van der Waals surface area (Å²) in [6, 6.07) is 5.99. The Hall–Kier alpha value is -2.23. The molecular weight excluding hydrogens is 324 g/mol. The number of carbonyl (C=O) groups is 1. The molecule has 0 saturated carbocycles. The minimum Gasteiger partial charge on any atom is -0.359 e. The third kappa shape index (κ3) is 4.29. The summed E-state index contributed by atoms with van der Waals surface area (Å²) >= 11 is 0. The molecule has 1 heterocycles. The maximum Gasteiger partial charge on any atom is 0.179 e. The maximum absolute atomic E-state index is 12.5. The molecule has 0 atom stereocenters. The summed E-state index contributed by atoms with van der Waals surface area (Å²) in [6.07, 6.45) is 2.87. The van der Waals surface area contributed by atoms with E-state index in [1.807, 2.05) is 25.1 Å². The Labute approximate surface area is 156 Å². The molecule has 140 valence electrons. The molecule has 0 amide bonds. The fourth-order valence-corrected chi connectivity index (χ4v) is 3.21. The van der Waals surface area contributed by atoms with Crippen LogP contribution < -0.4 is 0 Å². The molecule has 0 radical (unpaired) electrons. The Bertz CT molecular complexity index is 782. The van der Waals surface area contributed by atoms with E-state index in [0.717, 1.165) is 22.3 Å². The van der Waals surface area contributed by atoms with Crippen molar-refractivity contribution in [2.45, 2.75) is 72.1 Å². The first-order valence-electron chi connectivity index (χ1n) is 9.13. The van der Waals surface area contributed by atoms with Crippen LogP contribution in [0.2, 0.25) is 0 Å². The molecule has 0 saturated heterocycles. The fraction of sp³-hybridized carbons (Fsp3) is 0.500. The van der Waals surface area contributed by atoms with Gasteiger partial charge in [-0.15, -0.1) is 4.91 Å². The number of nitroso groups, excluding NO2 is 1. The first-order chi connectivity index (χ1) is 11.9. The number of aromatic amines is 1. The highest BCUT2D eigenvalue weighted by molar-refractivity contribution is 5.95. The van der Waals surface area contributed by atoms with E-state index >= 15 is 0 Å². The van der Waals surface area contributed by atoms with Gasteiger partial charge in [0.05, 0.1) is 5.69 Å². The third-order valence-electron chi connectivity index (χ3n) is 4.75. The van der Waals surface area contributed by atoms with Crippen molar-refractivity contribution in [2.24, 2.45) is 5.18 Å². The molecule has 0 unspecified atom stereocenters. The number of rotatable bonds is 5. The molecule has 0 aliphatic rings. The topological polar surface area (TPSA) is 62.3 Å². The van der Waals surface area contributed by atoms with Crippen LogP contribution in [0.3, 0.4) is 0 Å². The lowest BCUT2D eigenvalue weighted by Crippen LogP contribution is -2.18. The summed E-state index contributed by atoms with van der Waals surface area (Å²) in [7, 11) is 0. The molecular formula is C22H30N2O2. The lowest BCUT2D eigenvalue weighted by Gasteiger charge is -2.28. The number of nitrogens with one attached hydrogen (secondary N) is 1. The zero-order valence-electron chi connectivity index (χ0n) is 17.0. The molecule has 4 nitrogen and oxygen atoms in total. The number of nitrogens with zero attached hydrogens (tertiary/aromatic N) is 1. The number of aryl methyl sites for hydroxylation is 2. The van der Waals surface area contributed by atoms with Gasteiger partial charge in [0.25, 0.3) is 0 Å². The van der Waals surface area contributed by atoms with E-state index in [1.165, 1.54) is 0 Å². The fourth-order valence-electron chi connectivity index (χ4n) is 3.21. The van der Waals surface area contributed by atoms with Crippen LogP contribution in [0.1, 0.15) is 80.7 Å². The Balaban J connectivity index is 2.41. The average molecular weight is 354 g/mol. The summed E-state index contributed by atoms with van der Waals surface area (Å²) in [5, 5.41) is 3.37. The molecule has 0 aliphatic heterocycles. The van der Waals surface area contributed by atoms with E-state index in [2.05, 4.69) is 51.7 Å². The number of Topliss-reactive ketones (excluding diaryl/α,β-unsaturated/α-hetero) is 1. The van der Waals surface area contributed by atoms with Crippen molar-refractivity contribution >= 4 is 11.5 Å². The minimum absolute atomic E-state index is 0.111. The van der Waals surface area contributed by atoms with Crippen molar-refractivity contribution in [1.29, 1.82) is 0 Å². The van der Waals surface area contributed by atoms with Crippen molar-refractivity contribution in [3.63, 3.8) is 0 Å². The Morgan fingerprint density at radius 2 is 1.58 bits per heavy atom. The molecule has 0 aliphatic carbocycles.